The third kappa shape index (κ3) is 2.82. The monoisotopic (exact) mass is 379 g/mol. The second kappa shape index (κ2) is 6.71. The van der Waals surface area contributed by atoms with Crippen molar-refractivity contribution in [3.63, 3.8) is 0 Å². The zero-order chi connectivity index (χ0) is 19.1. The van der Waals surface area contributed by atoms with Gasteiger partial charge in [0.2, 0.25) is 17.8 Å². The van der Waals surface area contributed by atoms with E-state index >= 15 is 0 Å². The summed E-state index contributed by atoms with van der Waals surface area (Å²) in [5, 5.41) is 0. The number of morpholine rings is 1. The Morgan fingerprint density at radius 2 is 1.82 bits per heavy atom. The van der Waals surface area contributed by atoms with Crippen LogP contribution in [0.3, 0.4) is 0 Å². The summed E-state index contributed by atoms with van der Waals surface area (Å²) in [5.41, 5.74) is 8.44. The first-order valence-electron chi connectivity index (χ1n) is 9.27. The molecule has 3 aromatic rings. The number of imidazole rings is 1. The molecule has 144 valence electrons. The van der Waals surface area contributed by atoms with Crippen molar-refractivity contribution in [2.24, 2.45) is 7.05 Å². The van der Waals surface area contributed by atoms with Crippen molar-refractivity contribution in [2.75, 3.05) is 48.4 Å². The first-order chi connectivity index (χ1) is 13.7. The van der Waals surface area contributed by atoms with Gasteiger partial charge in [0.25, 0.3) is 0 Å². The van der Waals surface area contributed by atoms with Gasteiger partial charge >= 0.3 is 0 Å². The molecule has 1 saturated heterocycles. The molecule has 0 radical (unpaired) electrons. The summed E-state index contributed by atoms with van der Waals surface area (Å²) in [6.45, 7) is 3.66. The van der Waals surface area contributed by atoms with Gasteiger partial charge in [0.1, 0.15) is 5.82 Å². The molecule has 28 heavy (non-hydrogen) atoms. The number of rotatable bonds is 3. The molecule has 1 fully saturated rings. The van der Waals surface area contributed by atoms with Gasteiger partial charge in [-0.25, -0.2) is 19.9 Å². The van der Waals surface area contributed by atoms with Crippen LogP contribution in [0.15, 0.2) is 24.8 Å². The molecule has 0 atom stereocenters. The van der Waals surface area contributed by atoms with Crippen LogP contribution in [0.25, 0.3) is 11.3 Å². The van der Waals surface area contributed by atoms with Crippen LogP contribution in [0.4, 0.5) is 23.7 Å². The summed E-state index contributed by atoms with van der Waals surface area (Å²) in [7, 11) is 1.99. The summed E-state index contributed by atoms with van der Waals surface area (Å²) in [6, 6.07) is 0. The number of nitrogen functional groups attached to an aromatic ring is 1. The Kier molecular flexibility index (Phi) is 4.05. The highest BCUT2D eigenvalue weighted by atomic mass is 16.5. The van der Waals surface area contributed by atoms with E-state index in [1.165, 1.54) is 0 Å². The van der Waals surface area contributed by atoms with Gasteiger partial charge in [0.05, 0.1) is 18.9 Å². The van der Waals surface area contributed by atoms with Crippen LogP contribution in [0.1, 0.15) is 5.56 Å². The van der Waals surface area contributed by atoms with E-state index in [4.69, 9.17) is 20.4 Å². The molecule has 0 spiro atoms. The van der Waals surface area contributed by atoms with Crippen LogP contribution in [-0.4, -0.2) is 62.3 Å². The molecule has 0 bridgehead atoms. The molecule has 0 saturated carbocycles. The summed E-state index contributed by atoms with van der Waals surface area (Å²) >= 11 is 0. The molecule has 0 aromatic carbocycles. The number of aryl methyl sites for hydroxylation is 1. The Hall–Kier alpha value is -3.27. The van der Waals surface area contributed by atoms with Crippen molar-refractivity contribution in [1.82, 2.24) is 29.5 Å². The molecular weight excluding hydrogens is 358 g/mol. The van der Waals surface area contributed by atoms with Crippen molar-refractivity contribution in [1.29, 1.82) is 0 Å². The molecular formula is C18H21N9O. The number of anilines is 4. The van der Waals surface area contributed by atoms with Gasteiger partial charge in [-0.05, 0) is 6.42 Å². The number of aromatic nitrogens is 6. The Labute approximate surface area is 162 Å². The van der Waals surface area contributed by atoms with Gasteiger partial charge in [-0.1, -0.05) is 0 Å². The number of nitrogens with zero attached hydrogens (tertiary/aromatic N) is 8. The fraction of sp³-hybridized carbons (Fsp3) is 0.389. The first-order valence-corrected chi connectivity index (χ1v) is 9.27. The summed E-state index contributed by atoms with van der Waals surface area (Å²) in [4.78, 5) is 26.9. The predicted molar refractivity (Wildman–Crippen MR) is 104 cm³/mol. The molecule has 0 aliphatic carbocycles. The SMILES string of the molecule is Cn1ccnc1N1CCc2c(-c3cnc(N)nc3)nc(N3CCOCC3)nc21. The largest absolute Gasteiger partial charge is 0.378 e. The average molecular weight is 379 g/mol. The molecule has 5 heterocycles. The minimum Gasteiger partial charge on any atom is -0.378 e. The highest BCUT2D eigenvalue weighted by Crippen LogP contribution is 2.38. The Morgan fingerprint density at radius 3 is 2.54 bits per heavy atom. The lowest BCUT2D eigenvalue weighted by Crippen LogP contribution is -2.37. The van der Waals surface area contributed by atoms with Crippen LogP contribution in [0.2, 0.25) is 0 Å². The van der Waals surface area contributed by atoms with E-state index in [0.29, 0.717) is 19.2 Å². The van der Waals surface area contributed by atoms with E-state index < -0.39 is 0 Å². The fourth-order valence-corrected chi connectivity index (χ4v) is 3.66. The lowest BCUT2D eigenvalue weighted by atomic mass is 10.1. The van der Waals surface area contributed by atoms with Crippen molar-refractivity contribution in [3.8, 4) is 11.3 Å². The minimum atomic E-state index is 0.248. The lowest BCUT2D eigenvalue weighted by molar-refractivity contribution is 0.122. The van der Waals surface area contributed by atoms with Gasteiger partial charge in [-0.15, -0.1) is 0 Å². The highest BCUT2D eigenvalue weighted by Gasteiger charge is 2.30. The fourth-order valence-electron chi connectivity index (χ4n) is 3.66. The third-order valence-electron chi connectivity index (χ3n) is 5.09. The molecule has 5 rings (SSSR count). The van der Waals surface area contributed by atoms with E-state index in [1.54, 1.807) is 18.6 Å². The zero-order valence-electron chi connectivity index (χ0n) is 15.6. The summed E-state index contributed by atoms with van der Waals surface area (Å²) in [6.07, 6.45) is 8.00. The second-order valence-electron chi connectivity index (χ2n) is 6.84. The minimum absolute atomic E-state index is 0.248. The van der Waals surface area contributed by atoms with Crippen LogP contribution >= 0.6 is 0 Å². The van der Waals surface area contributed by atoms with Gasteiger partial charge in [0.15, 0.2) is 0 Å². The van der Waals surface area contributed by atoms with Gasteiger partial charge in [-0.3, -0.25) is 4.90 Å². The molecule has 2 N–H and O–H groups in total. The molecule has 10 heteroatoms. The average Bonchev–Trinajstić information content (AvgIpc) is 3.34. The molecule has 2 aliphatic heterocycles. The van der Waals surface area contributed by atoms with Crippen molar-refractivity contribution in [2.45, 2.75) is 6.42 Å². The lowest BCUT2D eigenvalue weighted by Gasteiger charge is -2.28. The zero-order valence-corrected chi connectivity index (χ0v) is 15.6. The highest BCUT2D eigenvalue weighted by molar-refractivity contribution is 5.75. The normalized spacial score (nSPS) is 16.5. The van der Waals surface area contributed by atoms with Gasteiger partial charge in [-0.2, -0.15) is 4.98 Å². The number of fused-ring (bicyclic) bond motifs is 1. The summed E-state index contributed by atoms with van der Waals surface area (Å²) in [5.74, 6) is 2.69. The quantitative estimate of drug-likeness (QED) is 0.705. The van der Waals surface area contributed by atoms with E-state index in [9.17, 15) is 0 Å². The maximum atomic E-state index is 5.67. The first kappa shape index (κ1) is 16.9. The van der Waals surface area contributed by atoms with Crippen molar-refractivity contribution in [3.05, 3.63) is 30.4 Å². The van der Waals surface area contributed by atoms with Crippen LogP contribution in [0, 0.1) is 0 Å². The second-order valence-corrected chi connectivity index (χ2v) is 6.84. The predicted octanol–water partition coefficient (Wildman–Crippen LogP) is 0.780. The maximum absolute atomic E-state index is 5.67. The van der Waals surface area contributed by atoms with Gasteiger partial charge in [0, 0.05) is 62.6 Å². The Bertz CT molecular complexity index is 995. The molecule has 10 nitrogen and oxygen atoms in total. The summed E-state index contributed by atoms with van der Waals surface area (Å²) < 4.78 is 7.48. The van der Waals surface area contributed by atoms with Gasteiger partial charge < -0.3 is 19.9 Å². The smallest absolute Gasteiger partial charge is 0.228 e. The van der Waals surface area contributed by atoms with E-state index in [-0.39, 0.29) is 5.95 Å². The third-order valence-corrected chi connectivity index (χ3v) is 5.09. The molecule has 0 amide bonds. The number of ether oxygens (including phenoxy) is 1. The Balaban J connectivity index is 1.65. The van der Waals surface area contributed by atoms with E-state index in [0.717, 1.165) is 54.6 Å². The van der Waals surface area contributed by atoms with Crippen LogP contribution in [-0.2, 0) is 18.2 Å². The van der Waals surface area contributed by atoms with E-state index in [1.807, 2.05) is 17.8 Å². The number of hydrogen-bond acceptors (Lipinski definition) is 9. The molecule has 2 aliphatic rings. The Morgan fingerprint density at radius 1 is 1.04 bits per heavy atom. The van der Waals surface area contributed by atoms with Crippen LogP contribution < -0.4 is 15.5 Å². The van der Waals surface area contributed by atoms with E-state index in [2.05, 4.69) is 24.8 Å². The standard InChI is InChI=1S/C18H21N9O/c1-25-5-3-20-18(25)27-4-2-13-14(12-10-21-16(19)22-11-12)23-17(24-15(13)27)26-6-8-28-9-7-26/h3,5,10-11H,2,4,6-9H2,1H3,(H2,19,21,22). The maximum Gasteiger partial charge on any atom is 0.228 e. The number of nitrogens with two attached hydrogens (primary N) is 1. The molecule has 0 unspecified atom stereocenters. The van der Waals surface area contributed by atoms with Crippen molar-refractivity contribution < 1.29 is 4.74 Å². The van der Waals surface area contributed by atoms with Crippen LogP contribution in [0.5, 0.6) is 0 Å². The van der Waals surface area contributed by atoms with Crippen molar-refractivity contribution >= 4 is 23.7 Å². The topological polar surface area (TPSA) is 111 Å². The molecule has 3 aromatic heterocycles. The number of hydrogen-bond donors (Lipinski definition) is 1.